The zero-order valence-electron chi connectivity index (χ0n) is 9.67. The zero-order chi connectivity index (χ0) is 11.4. The van der Waals surface area contributed by atoms with E-state index in [2.05, 4.69) is 17.6 Å². The van der Waals surface area contributed by atoms with Gasteiger partial charge >= 0.3 is 0 Å². The maximum absolute atomic E-state index is 13.4. The summed E-state index contributed by atoms with van der Waals surface area (Å²) in [7, 11) is 0. The van der Waals surface area contributed by atoms with Crippen molar-refractivity contribution in [2.75, 3.05) is 13.1 Å². The molecule has 3 heteroatoms. The van der Waals surface area contributed by atoms with Gasteiger partial charge in [-0.2, -0.15) is 0 Å². The smallest absolute Gasteiger partial charge is 0.127 e. The lowest BCUT2D eigenvalue weighted by atomic mass is 9.95. The van der Waals surface area contributed by atoms with E-state index >= 15 is 0 Å². The number of halogens is 1. The van der Waals surface area contributed by atoms with Crippen molar-refractivity contribution in [3.63, 3.8) is 0 Å². The first kappa shape index (κ1) is 11.6. The van der Waals surface area contributed by atoms with Gasteiger partial charge in [-0.05, 0) is 31.5 Å². The molecular weight excluding hydrogens is 203 g/mol. The summed E-state index contributed by atoms with van der Waals surface area (Å²) in [4.78, 5) is 0. The van der Waals surface area contributed by atoms with Gasteiger partial charge in [0.15, 0.2) is 0 Å². The summed E-state index contributed by atoms with van der Waals surface area (Å²) in [6, 6.07) is 7.47. The standard InChI is InChI=1S/C13H19FN2/c1-10-8-15-7-6-13(10)16-9-11-4-2-3-5-12(11)14/h2-5,10,13,15-16H,6-9H2,1H3. The molecule has 16 heavy (non-hydrogen) atoms. The highest BCUT2D eigenvalue weighted by Gasteiger charge is 2.20. The summed E-state index contributed by atoms with van der Waals surface area (Å²) in [6.07, 6.45) is 1.12. The summed E-state index contributed by atoms with van der Waals surface area (Å²) in [6.45, 7) is 4.96. The van der Waals surface area contributed by atoms with Gasteiger partial charge in [-0.25, -0.2) is 4.39 Å². The van der Waals surface area contributed by atoms with Crippen LogP contribution in [0.15, 0.2) is 24.3 Å². The Morgan fingerprint density at radius 1 is 1.44 bits per heavy atom. The van der Waals surface area contributed by atoms with Crippen LogP contribution in [0.3, 0.4) is 0 Å². The number of rotatable bonds is 3. The maximum Gasteiger partial charge on any atom is 0.127 e. The van der Waals surface area contributed by atoms with Crippen molar-refractivity contribution in [3.8, 4) is 0 Å². The Kier molecular flexibility index (Phi) is 3.91. The summed E-state index contributed by atoms with van der Waals surface area (Å²) in [5.41, 5.74) is 0.758. The normalized spacial score (nSPS) is 25.6. The van der Waals surface area contributed by atoms with Crippen molar-refractivity contribution < 1.29 is 4.39 Å². The molecule has 2 unspecified atom stereocenters. The van der Waals surface area contributed by atoms with Gasteiger partial charge < -0.3 is 10.6 Å². The van der Waals surface area contributed by atoms with Gasteiger partial charge in [-0.1, -0.05) is 25.1 Å². The van der Waals surface area contributed by atoms with Crippen molar-refractivity contribution in [3.05, 3.63) is 35.6 Å². The Bertz CT molecular complexity index is 340. The first-order valence-corrected chi connectivity index (χ1v) is 5.95. The van der Waals surface area contributed by atoms with Gasteiger partial charge in [0.05, 0.1) is 0 Å². The lowest BCUT2D eigenvalue weighted by molar-refractivity contribution is 0.294. The fourth-order valence-electron chi connectivity index (χ4n) is 2.20. The molecule has 1 aliphatic heterocycles. The summed E-state index contributed by atoms with van der Waals surface area (Å²) in [5, 5.41) is 6.81. The largest absolute Gasteiger partial charge is 0.316 e. The fourth-order valence-corrected chi connectivity index (χ4v) is 2.20. The molecule has 1 aromatic carbocycles. The second kappa shape index (κ2) is 5.41. The molecule has 2 atom stereocenters. The average Bonchev–Trinajstić information content (AvgIpc) is 2.30. The SMILES string of the molecule is CC1CNCCC1NCc1ccccc1F. The summed E-state index contributed by atoms with van der Waals surface area (Å²) in [5.74, 6) is 0.497. The second-order valence-electron chi connectivity index (χ2n) is 4.55. The molecule has 2 nitrogen and oxygen atoms in total. The minimum absolute atomic E-state index is 0.114. The molecule has 0 amide bonds. The van der Waals surface area contributed by atoms with Crippen LogP contribution in [0.2, 0.25) is 0 Å². The van der Waals surface area contributed by atoms with E-state index in [-0.39, 0.29) is 5.82 Å². The molecule has 88 valence electrons. The Hall–Kier alpha value is -0.930. The Morgan fingerprint density at radius 3 is 3.00 bits per heavy atom. The number of nitrogens with one attached hydrogen (secondary N) is 2. The van der Waals surface area contributed by atoms with Crippen LogP contribution in [-0.4, -0.2) is 19.1 Å². The Labute approximate surface area is 96.2 Å². The van der Waals surface area contributed by atoms with E-state index < -0.39 is 0 Å². The van der Waals surface area contributed by atoms with Crippen LogP contribution in [-0.2, 0) is 6.54 Å². The first-order chi connectivity index (χ1) is 7.77. The minimum Gasteiger partial charge on any atom is -0.316 e. The topological polar surface area (TPSA) is 24.1 Å². The van der Waals surface area contributed by atoms with Crippen molar-refractivity contribution in [1.29, 1.82) is 0 Å². The van der Waals surface area contributed by atoms with Crippen LogP contribution >= 0.6 is 0 Å². The quantitative estimate of drug-likeness (QED) is 0.816. The van der Waals surface area contributed by atoms with E-state index in [0.717, 1.165) is 25.1 Å². The summed E-state index contributed by atoms with van der Waals surface area (Å²) >= 11 is 0. The molecule has 1 aromatic rings. The average molecular weight is 222 g/mol. The molecule has 1 heterocycles. The molecule has 0 saturated carbocycles. The third-order valence-corrected chi connectivity index (χ3v) is 3.30. The van der Waals surface area contributed by atoms with E-state index in [4.69, 9.17) is 0 Å². The van der Waals surface area contributed by atoms with Crippen LogP contribution in [0.4, 0.5) is 4.39 Å². The fraction of sp³-hybridized carbons (Fsp3) is 0.538. The molecule has 1 aliphatic rings. The van der Waals surface area contributed by atoms with Crippen molar-refractivity contribution in [2.24, 2.45) is 5.92 Å². The Morgan fingerprint density at radius 2 is 2.25 bits per heavy atom. The van der Waals surface area contributed by atoms with Crippen LogP contribution in [0.25, 0.3) is 0 Å². The van der Waals surface area contributed by atoms with Gasteiger partial charge in [0.2, 0.25) is 0 Å². The van der Waals surface area contributed by atoms with Gasteiger partial charge in [-0.3, -0.25) is 0 Å². The van der Waals surface area contributed by atoms with Crippen LogP contribution in [0, 0.1) is 11.7 Å². The third-order valence-electron chi connectivity index (χ3n) is 3.30. The van der Waals surface area contributed by atoms with Crippen LogP contribution in [0.1, 0.15) is 18.9 Å². The predicted octanol–water partition coefficient (Wildman–Crippen LogP) is 1.91. The molecule has 2 rings (SSSR count). The molecule has 1 fully saturated rings. The number of hydrogen-bond donors (Lipinski definition) is 2. The van der Waals surface area contributed by atoms with Crippen LogP contribution < -0.4 is 10.6 Å². The number of piperidine rings is 1. The number of benzene rings is 1. The van der Waals surface area contributed by atoms with E-state index in [1.807, 2.05) is 12.1 Å². The molecule has 2 N–H and O–H groups in total. The molecule has 0 aromatic heterocycles. The van der Waals surface area contributed by atoms with Gasteiger partial charge in [-0.15, -0.1) is 0 Å². The highest BCUT2D eigenvalue weighted by atomic mass is 19.1. The molecular formula is C13H19FN2. The molecule has 0 spiro atoms. The van der Waals surface area contributed by atoms with Crippen LogP contribution in [0.5, 0.6) is 0 Å². The number of hydrogen-bond acceptors (Lipinski definition) is 2. The van der Waals surface area contributed by atoms with Crippen molar-refractivity contribution in [1.82, 2.24) is 10.6 Å². The molecule has 1 saturated heterocycles. The lowest BCUT2D eigenvalue weighted by Crippen LogP contribution is -2.46. The highest BCUT2D eigenvalue weighted by Crippen LogP contribution is 2.12. The minimum atomic E-state index is -0.114. The zero-order valence-corrected chi connectivity index (χ0v) is 9.67. The van der Waals surface area contributed by atoms with Gasteiger partial charge in [0.25, 0.3) is 0 Å². The first-order valence-electron chi connectivity index (χ1n) is 5.95. The van der Waals surface area contributed by atoms with E-state index in [9.17, 15) is 4.39 Å². The van der Waals surface area contributed by atoms with E-state index in [1.54, 1.807) is 6.07 Å². The maximum atomic E-state index is 13.4. The lowest BCUT2D eigenvalue weighted by Gasteiger charge is -2.30. The second-order valence-corrected chi connectivity index (χ2v) is 4.55. The van der Waals surface area contributed by atoms with E-state index in [0.29, 0.717) is 18.5 Å². The Balaban J connectivity index is 1.89. The van der Waals surface area contributed by atoms with Crippen molar-refractivity contribution in [2.45, 2.75) is 25.9 Å². The predicted molar refractivity (Wildman–Crippen MR) is 63.7 cm³/mol. The summed E-state index contributed by atoms with van der Waals surface area (Å²) < 4.78 is 13.4. The molecule has 0 bridgehead atoms. The monoisotopic (exact) mass is 222 g/mol. The van der Waals surface area contributed by atoms with Crippen molar-refractivity contribution >= 4 is 0 Å². The van der Waals surface area contributed by atoms with Gasteiger partial charge in [0, 0.05) is 18.2 Å². The highest BCUT2D eigenvalue weighted by molar-refractivity contribution is 5.17. The molecule has 0 radical (unpaired) electrons. The third kappa shape index (κ3) is 2.80. The van der Waals surface area contributed by atoms with Gasteiger partial charge in [0.1, 0.15) is 5.82 Å². The van der Waals surface area contributed by atoms with E-state index in [1.165, 1.54) is 6.07 Å². The molecule has 0 aliphatic carbocycles.